The lowest BCUT2D eigenvalue weighted by Gasteiger charge is -2.30. The number of aliphatic imine (C=N–C) groups is 1. The molecule has 0 radical (unpaired) electrons. The summed E-state index contributed by atoms with van der Waals surface area (Å²) in [7, 11) is 3.06. The molecule has 2 aliphatic heterocycles. The molecular formula is C14H22N5O3S+. The summed E-state index contributed by atoms with van der Waals surface area (Å²) in [4.78, 5) is 42.6. The maximum Gasteiger partial charge on any atom is 0.358 e. The molecule has 1 atom stereocenters. The minimum absolute atomic E-state index is 0.0820. The molecule has 0 aromatic heterocycles. The minimum Gasteiger partial charge on any atom is -0.369 e. The van der Waals surface area contributed by atoms with Gasteiger partial charge in [-0.3, -0.25) is 19.4 Å². The normalized spacial score (nSPS) is 21.3. The van der Waals surface area contributed by atoms with Crippen molar-refractivity contribution in [3.05, 3.63) is 0 Å². The van der Waals surface area contributed by atoms with E-state index in [-0.39, 0.29) is 11.7 Å². The molecule has 1 unspecified atom stereocenters. The molecule has 2 heterocycles. The van der Waals surface area contributed by atoms with Crippen LogP contribution in [0.4, 0.5) is 4.79 Å². The molecule has 0 saturated carbocycles. The Labute approximate surface area is 139 Å². The zero-order valence-electron chi connectivity index (χ0n) is 13.8. The van der Waals surface area contributed by atoms with Gasteiger partial charge in [0.1, 0.15) is 0 Å². The fraction of sp³-hybridized carbons (Fsp3) is 0.643. The summed E-state index contributed by atoms with van der Waals surface area (Å²) in [5.41, 5.74) is 5.20. The monoisotopic (exact) mass is 340 g/mol. The molecule has 2 N–H and O–H groups in total. The van der Waals surface area contributed by atoms with Crippen molar-refractivity contribution in [2.75, 3.05) is 26.4 Å². The van der Waals surface area contributed by atoms with E-state index in [1.54, 1.807) is 7.05 Å². The largest absolute Gasteiger partial charge is 0.369 e. The standard InChI is InChI=1S/C14H21N5O3S/c1-8(2)5-6-19-10-11(16-13(19)23-7-9(15)20)17(3)14(22)18(4)12(10)21/h8,10H,5-7H2,1-4H3,(H-,15,20)/p+1. The van der Waals surface area contributed by atoms with Crippen LogP contribution in [0, 0.1) is 5.92 Å². The number of hydrogen-bond acceptors (Lipinski definition) is 5. The summed E-state index contributed by atoms with van der Waals surface area (Å²) in [5.74, 6) is 0.198. The molecule has 126 valence electrons. The zero-order chi connectivity index (χ0) is 17.3. The Balaban J connectivity index is 2.35. The number of nitrogens with zero attached hydrogens (tertiary/aromatic N) is 4. The zero-order valence-corrected chi connectivity index (χ0v) is 14.6. The molecule has 2 aliphatic rings. The first kappa shape index (κ1) is 17.5. The highest BCUT2D eigenvalue weighted by molar-refractivity contribution is 8.14. The average Bonchev–Trinajstić information content (AvgIpc) is 2.85. The third-order valence-corrected chi connectivity index (χ3v) is 4.80. The van der Waals surface area contributed by atoms with E-state index in [9.17, 15) is 14.4 Å². The number of carbonyl (C=O) groups excluding carboxylic acids is 3. The van der Waals surface area contributed by atoms with E-state index in [1.807, 2.05) is 4.58 Å². The highest BCUT2D eigenvalue weighted by Crippen LogP contribution is 2.23. The number of carbonyl (C=O) groups is 3. The van der Waals surface area contributed by atoms with Crippen molar-refractivity contribution in [2.24, 2.45) is 16.6 Å². The first-order chi connectivity index (χ1) is 10.7. The van der Waals surface area contributed by atoms with Crippen LogP contribution in [0.3, 0.4) is 0 Å². The Morgan fingerprint density at radius 1 is 1.35 bits per heavy atom. The Morgan fingerprint density at radius 2 is 2.00 bits per heavy atom. The van der Waals surface area contributed by atoms with Gasteiger partial charge in [-0.15, -0.1) is 0 Å². The quantitative estimate of drug-likeness (QED) is 0.708. The summed E-state index contributed by atoms with van der Waals surface area (Å²) in [5, 5.41) is 0.563. The van der Waals surface area contributed by atoms with Crippen LogP contribution < -0.4 is 5.73 Å². The van der Waals surface area contributed by atoms with Gasteiger partial charge in [-0.1, -0.05) is 13.8 Å². The molecule has 0 bridgehead atoms. The van der Waals surface area contributed by atoms with E-state index in [0.29, 0.717) is 23.5 Å². The number of primary amides is 1. The number of amidine groups is 2. The molecule has 0 aromatic rings. The number of nitrogens with two attached hydrogens (primary N) is 1. The van der Waals surface area contributed by atoms with Gasteiger partial charge in [0.25, 0.3) is 17.8 Å². The van der Waals surface area contributed by atoms with Gasteiger partial charge in [0.2, 0.25) is 5.91 Å². The molecule has 8 nitrogen and oxygen atoms in total. The molecule has 4 amide bonds. The molecular weight excluding hydrogens is 318 g/mol. The van der Waals surface area contributed by atoms with Crippen molar-refractivity contribution in [3.8, 4) is 0 Å². The number of rotatable bonds is 5. The summed E-state index contributed by atoms with van der Waals surface area (Å²) in [6, 6.07) is -1.02. The van der Waals surface area contributed by atoms with Crippen LogP contribution in [0.25, 0.3) is 0 Å². The number of amides is 4. The van der Waals surface area contributed by atoms with Crippen molar-refractivity contribution in [1.29, 1.82) is 0 Å². The third-order valence-electron chi connectivity index (χ3n) is 3.79. The van der Waals surface area contributed by atoms with E-state index in [4.69, 9.17) is 5.73 Å². The van der Waals surface area contributed by atoms with Gasteiger partial charge in [-0.05, 0) is 29.1 Å². The highest BCUT2D eigenvalue weighted by atomic mass is 32.2. The number of likely N-dealkylation sites (N-methyl/N-ethyl adjacent to an activating group) is 2. The van der Waals surface area contributed by atoms with Crippen LogP contribution in [-0.2, 0) is 9.59 Å². The van der Waals surface area contributed by atoms with Gasteiger partial charge in [-0.2, -0.15) is 0 Å². The first-order valence-electron chi connectivity index (χ1n) is 7.42. The van der Waals surface area contributed by atoms with Crippen LogP contribution in [-0.4, -0.2) is 75.7 Å². The van der Waals surface area contributed by atoms with Gasteiger partial charge >= 0.3 is 11.2 Å². The molecule has 0 spiro atoms. The van der Waals surface area contributed by atoms with Crippen molar-refractivity contribution < 1.29 is 19.0 Å². The average molecular weight is 340 g/mol. The molecule has 1 saturated heterocycles. The van der Waals surface area contributed by atoms with E-state index < -0.39 is 18.0 Å². The summed E-state index contributed by atoms with van der Waals surface area (Å²) < 4.78 is 1.87. The first-order valence-corrected chi connectivity index (χ1v) is 8.41. The van der Waals surface area contributed by atoms with Gasteiger partial charge in [-0.25, -0.2) is 9.37 Å². The van der Waals surface area contributed by atoms with Crippen LogP contribution in [0.1, 0.15) is 20.3 Å². The third kappa shape index (κ3) is 3.39. The van der Waals surface area contributed by atoms with Crippen molar-refractivity contribution in [2.45, 2.75) is 26.3 Å². The summed E-state index contributed by atoms with van der Waals surface area (Å²) in [6.07, 6.45) is 0.870. The Kier molecular flexibility index (Phi) is 5.08. The minimum atomic E-state index is -0.614. The Hall–Kier alpha value is -1.90. The van der Waals surface area contributed by atoms with Crippen molar-refractivity contribution in [3.63, 3.8) is 0 Å². The highest BCUT2D eigenvalue weighted by Gasteiger charge is 2.53. The van der Waals surface area contributed by atoms with E-state index in [2.05, 4.69) is 18.8 Å². The second-order valence-electron chi connectivity index (χ2n) is 6.02. The van der Waals surface area contributed by atoms with Crippen molar-refractivity contribution >= 4 is 40.6 Å². The smallest absolute Gasteiger partial charge is 0.358 e. The molecule has 23 heavy (non-hydrogen) atoms. The summed E-state index contributed by atoms with van der Waals surface area (Å²) >= 11 is 1.20. The van der Waals surface area contributed by atoms with Gasteiger partial charge in [0, 0.05) is 14.1 Å². The van der Waals surface area contributed by atoms with Gasteiger partial charge < -0.3 is 5.73 Å². The maximum absolute atomic E-state index is 12.5. The number of hydrogen-bond donors (Lipinski definition) is 1. The lowest BCUT2D eigenvalue weighted by atomic mass is 10.1. The SMILES string of the molecule is CC(C)CC[N+]1=C(SCC(N)=O)N=C2C1C(=O)N(C)C(=O)N2C. The topological polar surface area (TPSA) is 99.1 Å². The lowest BCUT2D eigenvalue weighted by molar-refractivity contribution is -0.534. The molecule has 9 heteroatoms. The Morgan fingerprint density at radius 3 is 2.57 bits per heavy atom. The fourth-order valence-corrected chi connectivity index (χ4v) is 3.24. The van der Waals surface area contributed by atoms with E-state index >= 15 is 0 Å². The fourth-order valence-electron chi connectivity index (χ4n) is 2.45. The van der Waals surface area contributed by atoms with Crippen molar-refractivity contribution in [1.82, 2.24) is 9.80 Å². The van der Waals surface area contributed by atoms with Crippen LogP contribution in [0.15, 0.2) is 4.99 Å². The number of fused-ring (bicyclic) bond motifs is 1. The van der Waals surface area contributed by atoms with E-state index in [0.717, 1.165) is 11.3 Å². The second-order valence-corrected chi connectivity index (χ2v) is 6.97. The second kappa shape index (κ2) is 6.69. The molecule has 0 aliphatic carbocycles. The number of urea groups is 1. The van der Waals surface area contributed by atoms with Crippen LogP contribution >= 0.6 is 11.8 Å². The van der Waals surface area contributed by atoms with Crippen LogP contribution in [0.5, 0.6) is 0 Å². The molecule has 0 aromatic carbocycles. The lowest BCUT2D eigenvalue weighted by Crippen LogP contribution is -2.61. The number of thioether (sulfide) groups is 1. The van der Waals surface area contributed by atoms with Gasteiger partial charge in [0.05, 0.1) is 12.3 Å². The number of imide groups is 1. The molecule has 1 fully saturated rings. The van der Waals surface area contributed by atoms with E-state index in [1.165, 1.54) is 23.7 Å². The Bertz CT molecular complexity index is 614. The predicted molar refractivity (Wildman–Crippen MR) is 88.4 cm³/mol. The predicted octanol–water partition coefficient (Wildman–Crippen LogP) is -0.0760. The van der Waals surface area contributed by atoms with Crippen LogP contribution in [0.2, 0.25) is 0 Å². The maximum atomic E-state index is 12.5. The van der Waals surface area contributed by atoms with Gasteiger partial charge in [0.15, 0.2) is 0 Å². The summed E-state index contributed by atoms with van der Waals surface area (Å²) in [6.45, 7) is 4.81. The molecule has 2 rings (SSSR count).